The predicted molar refractivity (Wildman–Crippen MR) is 153 cm³/mol. The van der Waals surface area contributed by atoms with Gasteiger partial charge in [-0.05, 0) is 48.6 Å². The van der Waals surface area contributed by atoms with Gasteiger partial charge < -0.3 is 30.3 Å². The van der Waals surface area contributed by atoms with Crippen LogP contribution in [0.25, 0.3) is 0 Å². The first-order valence-corrected chi connectivity index (χ1v) is 14.3. The van der Waals surface area contributed by atoms with E-state index in [0.717, 1.165) is 5.56 Å². The summed E-state index contributed by atoms with van der Waals surface area (Å²) in [4.78, 5) is 54.9. The molecular weight excluding hydrogens is 543 g/mol. The fourth-order valence-electron chi connectivity index (χ4n) is 5.32. The number of likely N-dealkylation sites (N-methyl/N-ethyl adjacent to an activating group) is 1. The minimum absolute atomic E-state index is 0.126. The molecule has 4 rings (SSSR count). The van der Waals surface area contributed by atoms with Crippen LogP contribution in [0.4, 0.5) is 4.39 Å². The number of fused-ring (bicyclic) bond motifs is 1. The van der Waals surface area contributed by atoms with E-state index in [9.17, 15) is 23.6 Å². The Bertz CT molecular complexity index is 1300. The SMILES string of the molecule is CC(C)[C@H]1NC(=O)C[C@@H](C(=O)NCC2(c3cccc(F)c3)CCOCC2)NC(=O)c2ccccc2OCCN(C)C1=O. The van der Waals surface area contributed by atoms with Gasteiger partial charge in [0, 0.05) is 32.2 Å². The number of amides is 4. The number of carbonyl (C=O) groups excluding carboxylic acids is 4. The van der Waals surface area contributed by atoms with E-state index in [-0.39, 0.29) is 42.9 Å². The normalized spacial score (nSPS) is 21.8. The summed E-state index contributed by atoms with van der Waals surface area (Å²) in [6, 6.07) is 10.8. The Balaban J connectivity index is 1.60. The molecule has 0 unspecified atom stereocenters. The van der Waals surface area contributed by atoms with Crippen molar-refractivity contribution in [3.05, 3.63) is 65.5 Å². The van der Waals surface area contributed by atoms with Gasteiger partial charge in [-0.2, -0.15) is 0 Å². The van der Waals surface area contributed by atoms with Crippen molar-refractivity contribution < 1.29 is 33.0 Å². The number of nitrogens with one attached hydrogen (secondary N) is 3. The van der Waals surface area contributed by atoms with Gasteiger partial charge in [-0.15, -0.1) is 0 Å². The largest absolute Gasteiger partial charge is 0.491 e. The van der Waals surface area contributed by atoms with Crippen molar-refractivity contribution in [1.29, 1.82) is 0 Å². The van der Waals surface area contributed by atoms with E-state index in [2.05, 4.69) is 16.0 Å². The molecule has 1 saturated heterocycles. The van der Waals surface area contributed by atoms with Crippen LogP contribution >= 0.6 is 0 Å². The van der Waals surface area contributed by atoms with Gasteiger partial charge in [-0.1, -0.05) is 38.1 Å². The van der Waals surface area contributed by atoms with E-state index in [0.29, 0.717) is 31.8 Å². The molecule has 226 valence electrons. The van der Waals surface area contributed by atoms with E-state index in [1.54, 1.807) is 37.4 Å². The van der Waals surface area contributed by atoms with Crippen LogP contribution in [0.15, 0.2) is 48.5 Å². The zero-order chi connectivity index (χ0) is 30.3. The lowest BCUT2D eigenvalue weighted by Gasteiger charge is -2.38. The number of halogens is 1. The molecule has 0 radical (unpaired) electrons. The highest BCUT2D eigenvalue weighted by Crippen LogP contribution is 2.34. The summed E-state index contributed by atoms with van der Waals surface area (Å²) in [5.41, 5.74) is 0.360. The Hall–Kier alpha value is -3.99. The van der Waals surface area contributed by atoms with Gasteiger partial charge in [0.25, 0.3) is 5.91 Å². The second-order valence-electron chi connectivity index (χ2n) is 11.2. The van der Waals surface area contributed by atoms with Crippen molar-refractivity contribution in [2.45, 2.75) is 50.6 Å². The third-order valence-corrected chi connectivity index (χ3v) is 7.94. The van der Waals surface area contributed by atoms with Crippen LogP contribution in [0.5, 0.6) is 5.75 Å². The maximum absolute atomic E-state index is 14.2. The smallest absolute Gasteiger partial charge is 0.255 e. The van der Waals surface area contributed by atoms with Crippen LogP contribution in [0.3, 0.4) is 0 Å². The van der Waals surface area contributed by atoms with Crippen LogP contribution in [-0.4, -0.2) is 80.6 Å². The van der Waals surface area contributed by atoms with E-state index < -0.39 is 41.6 Å². The number of hydrogen-bond donors (Lipinski definition) is 3. The topological polar surface area (TPSA) is 126 Å². The molecule has 0 saturated carbocycles. The predicted octanol–water partition coefficient (Wildman–Crippen LogP) is 2.17. The molecule has 2 aromatic rings. The zero-order valence-corrected chi connectivity index (χ0v) is 24.3. The van der Waals surface area contributed by atoms with E-state index in [1.807, 2.05) is 19.9 Å². The van der Waals surface area contributed by atoms with Gasteiger partial charge in [-0.25, -0.2) is 4.39 Å². The van der Waals surface area contributed by atoms with Crippen LogP contribution in [0.1, 0.15) is 49.0 Å². The van der Waals surface area contributed by atoms with E-state index in [4.69, 9.17) is 9.47 Å². The highest BCUT2D eigenvalue weighted by Gasteiger charge is 2.37. The molecule has 11 heteroatoms. The summed E-state index contributed by atoms with van der Waals surface area (Å²) in [5, 5.41) is 8.36. The van der Waals surface area contributed by atoms with Crippen molar-refractivity contribution in [1.82, 2.24) is 20.9 Å². The summed E-state index contributed by atoms with van der Waals surface area (Å²) >= 11 is 0. The molecule has 0 spiro atoms. The summed E-state index contributed by atoms with van der Waals surface area (Å²) in [5.74, 6) is -2.29. The van der Waals surface area contributed by atoms with Gasteiger partial charge in [0.05, 0.1) is 18.5 Å². The third kappa shape index (κ3) is 7.44. The molecule has 2 atom stereocenters. The highest BCUT2D eigenvalue weighted by atomic mass is 19.1. The van der Waals surface area contributed by atoms with Crippen LogP contribution in [0.2, 0.25) is 0 Å². The van der Waals surface area contributed by atoms with Crippen molar-refractivity contribution in [2.75, 3.05) is 40.0 Å². The Kier molecular flexibility index (Phi) is 10.2. The molecule has 1 fully saturated rings. The van der Waals surface area contributed by atoms with Crippen LogP contribution < -0.4 is 20.7 Å². The quantitative estimate of drug-likeness (QED) is 0.496. The Morgan fingerprint density at radius 3 is 2.52 bits per heavy atom. The second-order valence-corrected chi connectivity index (χ2v) is 11.2. The third-order valence-electron chi connectivity index (χ3n) is 7.94. The maximum atomic E-state index is 14.2. The number of carbonyl (C=O) groups is 4. The number of rotatable bonds is 5. The molecule has 2 aliphatic rings. The molecule has 2 heterocycles. The molecule has 42 heavy (non-hydrogen) atoms. The first-order chi connectivity index (χ1) is 20.1. The molecule has 0 aliphatic carbocycles. The van der Waals surface area contributed by atoms with Crippen molar-refractivity contribution in [3.8, 4) is 5.75 Å². The Morgan fingerprint density at radius 1 is 1.07 bits per heavy atom. The number of hydrogen-bond acceptors (Lipinski definition) is 6. The van der Waals surface area contributed by atoms with Crippen molar-refractivity contribution >= 4 is 23.6 Å². The summed E-state index contributed by atoms with van der Waals surface area (Å²) < 4.78 is 25.5. The Labute approximate surface area is 245 Å². The van der Waals surface area contributed by atoms with Crippen LogP contribution in [-0.2, 0) is 24.5 Å². The monoisotopic (exact) mass is 582 g/mol. The lowest BCUT2D eigenvalue weighted by Crippen LogP contribution is -2.55. The average Bonchev–Trinajstić information content (AvgIpc) is 2.98. The first-order valence-electron chi connectivity index (χ1n) is 14.3. The molecule has 2 aliphatic heterocycles. The number of para-hydroxylation sites is 1. The zero-order valence-electron chi connectivity index (χ0n) is 24.3. The standard InChI is InChI=1S/C31H39FN4O6/c1-20(2)27-30(40)36(3)13-16-42-25-10-5-4-9-23(25)28(38)34-24(18-26(37)35-27)29(39)33-19-31(11-14-41-15-12-31)21-7-6-8-22(32)17-21/h4-10,17,20,24,27H,11-16,18-19H2,1-3H3,(H,33,39)(H,34,38)(H,35,37)/t24-,27+/m0/s1. The number of nitrogens with zero attached hydrogens (tertiary/aromatic N) is 1. The Morgan fingerprint density at radius 2 is 1.81 bits per heavy atom. The minimum Gasteiger partial charge on any atom is -0.491 e. The van der Waals surface area contributed by atoms with Crippen LogP contribution in [0, 0.1) is 11.7 Å². The van der Waals surface area contributed by atoms with Gasteiger partial charge in [0.15, 0.2) is 0 Å². The highest BCUT2D eigenvalue weighted by molar-refractivity contribution is 6.01. The molecule has 4 amide bonds. The molecule has 0 bridgehead atoms. The molecule has 3 N–H and O–H groups in total. The van der Waals surface area contributed by atoms with Gasteiger partial charge in [0.2, 0.25) is 17.7 Å². The summed E-state index contributed by atoms with van der Waals surface area (Å²) in [7, 11) is 1.62. The van der Waals surface area contributed by atoms with E-state index >= 15 is 0 Å². The molecular formula is C31H39FN4O6. The lowest BCUT2D eigenvalue weighted by atomic mass is 9.74. The van der Waals surface area contributed by atoms with Gasteiger partial charge in [0.1, 0.15) is 30.3 Å². The van der Waals surface area contributed by atoms with Crippen molar-refractivity contribution in [2.24, 2.45) is 5.92 Å². The second kappa shape index (κ2) is 13.8. The maximum Gasteiger partial charge on any atom is 0.255 e. The fourth-order valence-corrected chi connectivity index (χ4v) is 5.32. The number of benzene rings is 2. The molecule has 10 nitrogen and oxygen atoms in total. The molecule has 0 aromatic heterocycles. The lowest BCUT2D eigenvalue weighted by molar-refractivity contribution is -0.137. The summed E-state index contributed by atoms with van der Waals surface area (Å²) in [6.45, 7) is 5.06. The fraction of sp³-hybridized carbons (Fsp3) is 0.484. The van der Waals surface area contributed by atoms with Gasteiger partial charge in [-0.3, -0.25) is 19.2 Å². The molecule has 2 aromatic carbocycles. The van der Waals surface area contributed by atoms with E-state index in [1.165, 1.54) is 17.0 Å². The first kappa shape index (κ1) is 31.0. The van der Waals surface area contributed by atoms with Gasteiger partial charge >= 0.3 is 0 Å². The average molecular weight is 583 g/mol. The summed E-state index contributed by atoms with van der Waals surface area (Å²) in [6.07, 6.45) is 0.728. The number of ether oxygens (including phenoxy) is 2. The minimum atomic E-state index is -1.25. The van der Waals surface area contributed by atoms with Crippen molar-refractivity contribution in [3.63, 3.8) is 0 Å².